The number of ether oxygens (including phenoxy) is 1. The van der Waals surface area contributed by atoms with Gasteiger partial charge in [0.25, 0.3) is 0 Å². The van der Waals surface area contributed by atoms with E-state index < -0.39 is 0 Å². The number of anilines is 2. The summed E-state index contributed by atoms with van der Waals surface area (Å²) in [5.74, 6) is 1.38. The fourth-order valence-corrected chi connectivity index (χ4v) is 9.89. The first kappa shape index (κ1) is 39.6. The van der Waals surface area contributed by atoms with Gasteiger partial charge in [0, 0.05) is 38.7 Å². The Kier molecular flexibility index (Phi) is 10.2. The van der Waals surface area contributed by atoms with Crippen LogP contribution in [0.25, 0.3) is 33.1 Å². The molecule has 302 valence electrons. The second-order valence-corrected chi connectivity index (χ2v) is 16.3. The molecule has 0 saturated heterocycles. The Balaban J connectivity index is 0.00000458. The monoisotopic (exact) mass is 978 g/mol. The van der Waals surface area contributed by atoms with E-state index >= 15 is 0 Å². The van der Waals surface area contributed by atoms with Gasteiger partial charge in [0.05, 0.1) is 5.69 Å². The van der Waals surface area contributed by atoms with Gasteiger partial charge in [0.2, 0.25) is 6.71 Å². The fourth-order valence-electron chi connectivity index (χ4n) is 9.89. The SMILES string of the molecule is Cc1cccc(C)c1B1c2ccccc2B(c2c(C)cccc2C)c2c(Oc3cccc4c3[n-]c3c(-c5ccccn5)cccc34)[c-]c(N3C=CN(c4ccccc4)[CH-]3)cc21.[Pt]. The molecule has 9 aromatic rings. The summed E-state index contributed by atoms with van der Waals surface area (Å²) in [7, 11) is 0. The number of pyridine rings is 1. The van der Waals surface area contributed by atoms with Gasteiger partial charge in [-0.25, -0.2) is 0 Å². The van der Waals surface area contributed by atoms with Crippen LogP contribution < -0.4 is 52.3 Å². The van der Waals surface area contributed by atoms with Gasteiger partial charge in [0.1, 0.15) is 5.75 Å². The summed E-state index contributed by atoms with van der Waals surface area (Å²) in [6.07, 6.45) is 6.04. The molecule has 0 amide bonds. The van der Waals surface area contributed by atoms with E-state index in [-0.39, 0.29) is 34.5 Å². The number of rotatable bonds is 7. The Bertz CT molecular complexity index is 3140. The van der Waals surface area contributed by atoms with Crippen molar-refractivity contribution in [3.05, 3.63) is 205 Å². The van der Waals surface area contributed by atoms with Crippen LogP contribution in [-0.2, 0) is 21.1 Å². The second-order valence-electron chi connectivity index (χ2n) is 16.3. The largest absolute Gasteiger partial charge is 0.653 e. The van der Waals surface area contributed by atoms with Crippen LogP contribution >= 0.6 is 0 Å². The second kappa shape index (κ2) is 16.0. The topological polar surface area (TPSA) is 42.7 Å². The summed E-state index contributed by atoms with van der Waals surface area (Å²) in [5, 5.41) is 2.10. The van der Waals surface area contributed by atoms with E-state index in [0.717, 1.165) is 49.9 Å². The number of benzene rings is 7. The zero-order chi connectivity index (χ0) is 41.2. The zero-order valence-corrected chi connectivity index (χ0v) is 37.2. The first-order chi connectivity index (χ1) is 29.9. The van der Waals surface area contributed by atoms with Gasteiger partial charge >= 0.3 is 0 Å². The van der Waals surface area contributed by atoms with Gasteiger partial charge in [-0.3, -0.25) is 4.98 Å². The molecule has 4 heterocycles. The van der Waals surface area contributed by atoms with Crippen molar-refractivity contribution in [3.63, 3.8) is 0 Å². The van der Waals surface area contributed by atoms with Crippen molar-refractivity contribution in [2.45, 2.75) is 27.7 Å². The van der Waals surface area contributed by atoms with E-state index in [1.165, 1.54) is 49.6 Å². The minimum absolute atomic E-state index is 0. The fraction of sp³-hybridized carbons (Fsp3) is 0.0741. The molecule has 7 aromatic carbocycles. The van der Waals surface area contributed by atoms with E-state index in [1.807, 2.05) is 36.5 Å². The number of hydrogen-bond donors (Lipinski definition) is 0. The molecule has 8 heteroatoms. The van der Waals surface area contributed by atoms with Crippen molar-refractivity contribution in [2.75, 3.05) is 9.80 Å². The summed E-state index contributed by atoms with van der Waals surface area (Å²) < 4.78 is 7.46. The summed E-state index contributed by atoms with van der Waals surface area (Å²) in [5.41, 5.74) is 18.1. The molecule has 2 aromatic heterocycles. The molecular weight excluding hydrogens is 937 g/mol. The van der Waals surface area contributed by atoms with E-state index in [2.05, 4.69) is 184 Å². The first-order valence-electron chi connectivity index (χ1n) is 21.0. The molecule has 0 atom stereocenters. The number of para-hydroxylation sites is 3. The van der Waals surface area contributed by atoms with E-state index in [9.17, 15) is 0 Å². The number of hydrogen-bond acceptors (Lipinski definition) is 4. The standard InChI is InChI=1S/C54H41B2N4O.Pt/c1-35-16-12-17-36(2)50(35)55-44-25-8-9-26-45(44)56(51-37(3)18-13-19-38(51)4)52-46(55)32-40(60-31-30-59(34-60)39-20-6-5-7-21-39)33-49(52)61-48-28-15-23-42-41-22-14-24-43(53(41)58-54(42)48)47-27-10-11-29-57-47;/h5-32,34H,1-4H3;/q-3;. The van der Waals surface area contributed by atoms with Gasteiger partial charge in [-0.2, -0.15) is 11.5 Å². The Morgan fingerprint density at radius 1 is 0.565 bits per heavy atom. The van der Waals surface area contributed by atoms with Crippen LogP contribution in [0.15, 0.2) is 170 Å². The number of nitrogens with zero attached hydrogens (tertiary/aromatic N) is 4. The number of aromatic nitrogens is 2. The minimum Gasteiger partial charge on any atom is -0.653 e. The molecule has 0 unspecified atom stereocenters. The summed E-state index contributed by atoms with van der Waals surface area (Å²) in [6, 6.07) is 57.6. The predicted octanol–water partition coefficient (Wildman–Crippen LogP) is 8.10. The molecule has 11 rings (SSSR count). The normalized spacial score (nSPS) is 13.1. The summed E-state index contributed by atoms with van der Waals surface area (Å²) in [4.78, 5) is 14.4. The van der Waals surface area contributed by atoms with Crippen molar-refractivity contribution in [1.29, 1.82) is 0 Å². The molecule has 5 nitrogen and oxygen atoms in total. The maximum Gasteiger partial charge on any atom is 0.217 e. The molecule has 0 bridgehead atoms. The molecule has 0 spiro atoms. The quantitative estimate of drug-likeness (QED) is 0.120. The molecule has 0 fully saturated rings. The van der Waals surface area contributed by atoms with Gasteiger partial charge < -0.3 is 19.5 Å². The van der Waals surface area contributed by atoms with Crippen LogP contribution in [0, 0.1) is 40.4 Å². The van der Waals surface area contributed by atoms with E-state index in [4.69, 9.17) is 14.7 Å². The van der Waals surface area contributed by atoms with Crippen molar-refractivity contribution in [1.82, 2.24) is 9.97 Å². The van der Waals surface area contributed by atoms with Crippen molar-refractivity contribution in [3.8, 4) is 22.8 Å². The summed E-state index contributed by atoms with van der Waals surface area (Å²) in [6.45, 7) is 10.9. The Hall–Kier alpha value is -6.55. The maximum atomic E-state index is 7.46. The van der Waals surface area contributed by atoms with Gasteiger partial charge in [-0.1, -0.05) is 165 Å². The van der Waals surface area contributed by atoms with Crippen LogP contribution in [0.3, 0.4) is 0 Å². The van der Waals surface area contributed by atoms with Gasteiger partial charge in [0.15, 0.2) is 6.71 Å². The maximum absolute atomic E-state index is 7.46. The Labute approximate surface area is 378 Å². The molecule has 2 aliphatic rings. The molecule has 0 N–H and O–H groups in total. The smallest absolute Gasteiger partial charge is 0.217 e. The third kappa shape index (κ3) is 6.58. The third-order valence-electron chi connectivity index (χ3n) is 12.6. The third-order valence-corrected chi connectivity index (χ3v) is 12.6. The minimum atomic E-state index is -0.117. The molecular formula is C54H41B2N4OPt-3. The molecule has 0 saturated carbocycles. The molecule has 0 radical (unpaired) electrons. The average molecular weight is 979 g/mol. The number of fused-ring (bicyclic) bond motifs is 5. The van der Waals surface area contributed by atoms with E-state index in [1.54, 1.807) is 0 Å². The predicted molar refractivity (Wildman–Crippen MR) is 256 cm³/mol. The Morgan fingerprint density at radius 3 is 1.85 bits per heavy atom. The van der Waals surface area contributed by atoms with Crippen LogP contribution in [0.2, 0.25) is 0 Å². The van der Waals surface area contributed by atoms with Gasteiger partial charge in [-0.15, -0.1) is 29.4 Å². The van der Waals surface area contributed by atoms with Crippen LogP contribution in [0.4, 0.5) is 11.4 Å². The van der Waals surface area contributed by atoms with Crippen LogP contribution in [0.5, 0.6) is 11.5 Å². The zero-order valence-electron chi connectivity index (χ0n) is 34.9. The Morgan fingerprint density at radius 2 is 1.16 bits per heavy atom. The van der Waals surface area contributed by atoms with Crippen molar-refractivity contribution in [2.24, 2.45) is 0 Å². The molecule has 2 aliphatic heterocycles. The summed E-state index contributed by atoms with van der Waals surface area (Å²) >= 11 is 0. The van der Waals surface area contributed by atoms with E-state index in [0.29, 0.717) is 11.5 Å². The first-order valence-corrected chi connectivity index (χ1v) is 21.0. The molecule has 0 aliphatic carbocycles. The molecule has 62 heavy (non-hydrogen) atoms. The number of aryl methyl sites for hydroxylation is 4. The van der Waals surface area contributed by atoms with Crippen LogP contribution in [0.1, 0.15) is 22.3 Å². The van der Waals surface area contributed by atoms with Crippen molar-refractivity contribution >= 4 is 79.4 Å². The average Bonchev–Trinajstić information content (AvgIpc) is 3.94. The van der Waals surface area contributed by atoms with Crippen LogP contribution in [-0.4, -0.2) is 18.4 Å². The van der Waals surface area contributed by atoms with Gasteiger partial charge in [-0.05, 0) is 86.8 Å². The van der Waals surface area contributed by atoms with Crippen molar-refractivity contribution < 1.29 is 25.8 Å².